The highest BCUT2D eigenvalue weighted by molar-refractivity contribution is 8.11. The predicted octanol–water partition coefficient (Wildman–Crippen LogP) is 0.819. The number of thiocarbonyl (C=S) groups is 1. The van der Waals surface area contributed by atoms with Crippen LogP contribution in [0.1, 0.15) is 6.92 Å². The Bertz CT molecular complexity index is 162. The van der Waals surface area contributed by atoms with Gasteiger partial charge in [0.15, 0.2) is 0 Å². The van der Waals surface area contributed by atoms with E-state index in [0.717, 1.165) is 0 Å². The lowest BCUT2D eigenvalue weighted by atomic mass is 10.3. The van der Waals surface area contributed by atoms with E-state index in [0.29, 0.717) is 10.9 Å². The fourth-order valence-corrected chi connectivity index (χ4v) is 0.897. The van der Waals surface area contributed by atoms with Gasteiger partial charge in [-0.3, -0.25) is 4.79 Å². The molecule has 0 bridgehead atoms. The number of carbonyl (C=O) groups excluding carboxylic acids is 1. The molecule has 0 saturated carbocycles. The number of hydrogen-bond acceptors (Lipinski definition) is 2. The Morgan fingerprint density at radius 2 is 2.18 bits per heavy atom. The molecule has 0 aliphatic rings. The maximum atomic E-state index is 10.4. The van der Waals surface area contributed by atoms with E-state index < -0.39 is 0 Å². The number of carbonyl (C=O) groups is 1. The summed E-state index contributed by atoms with van der Waals surface area (Å²) < 4.78 is 0.422. The Labute approximate surface area is 82.1 Å². The minimum absolute atomic E-state index is 0.00472. The van der Waals surface area contributed by atoms with Gasteiger partial charge in [-0.2, -0.15) is 0 Å². The van der Waals surface area contributed by atoms with Crippen molar-refractivity contribution in [1.82, 2.24) is 10.6 Å². The van der Waals surface area contributed by atoms with E-state index in [2.05, 4.69) is 48.1 Å². The summed E-state index contributed by atoms with van der Waals surface area (Å²) in [7, 11) is 0. The summed E-state index contributed by atoms with van der Waals surface area (Å²) in [5, 5.41) is 5.02. The van der Waals surface area contributed by atoms with Crippen LogP contribution in [0.15, 0.2) is 0 Å². The van der Waals surface area contributed by atoms with Crippen LogP contribution in [0.5, 0.6) is 0 Å². The maximum Gasteiger partial charge on any atom is 0.276 e. The third-order valence-electron chi connectivity index (χ3n) is 0.929. The van der Waals surface area contributed by atoms with Gasteiger partial charge in [-0.1, -0.05) is 24.8 Å². The fourth-order valence-electron chi connectivity index (χ4n) is 0.502. The Balaban J connectivity index is 3.44. The topological polar surface area (TPSA) is 41.1 Å². The van der Waals surface area contributed by atoms with Gasteiger partial charge in [-0.05, 0) is 6.92 Å². The summed E-state index contributed by atoms with van der Waals surface area (Å²) in [4.78, 5) is 10.4. The highest BCUT2D eigenvalue weighted by Gasteiger charge is 2.02. The lowest BCUT2D eigenvalue weighted by Gasteiger charge is -2.11. The summed E-state index contributed by atoms with van der Waals surface area (Å²) >= 11 is 12.1. The SMILES string of the molecule is CC(CNC(=S)S)NC(=O)S. The molecule has 11 heavy (non-hydrogen) atoms. The van der Waals surface area contributed by atoms with Crippen molar-refractivity contribution in [2.75, 3.05) is 6.54 Å². The number of thiol groups is 2. The number of amides is 1. The normalized spacial score (nSPS) is 11.9. The highest BCUT2D eigenvalue weighted by Crippen LogP contribution is 1.85. The molecule has 64 valence electrons. The highest BCUT2D eigenvalue weighted by atomic mass is 32.1. The summed E-state index contributed by atoms with van der Waals surface area (Å²) in [6.07, 6.45) is 0. The molecule has 0 aliphatic heterocycles. The van der Waals surface area contributed by atoms with Crippen LogP contribution in [0.3, 0.4) is 0 Å². The van der Waals surface area contributed by atoms with E-state index in [-0.39, 0.29) is 11.3 Å². The zero-order chi connectivity index (χ0) is 8.85. The van der Waals surface area contributed by atoms with Gasteiger partial charge in [-0.15, -0.1) is 12.6 Å². The van der Waals surface area contributed by atoms with Crippen molar-refractivity contribution in [1.29, 1.82) is 0 Å². The second kappa shape index (κ2) is 5.68. The molecule has 0 radical (unpaired) electrons. The summed E-state index contributed by atoms with van der Waals surface area (Å²) in [5.74, 6) is 0. The van der Waals surface area contributed by atoms with E-state index >= 15 is 0 Å². The molecule has 0 aromatic carbocycles. The molecule has 0 saturated heterocycles. The van der Waals surface area contributed by atoms with E-state index in [1.54, 1.807) is 0 Å². The zero-order valence-corrected chi connectivity index (χ0v) is 8.60. The van der Waals surface area contributed by atoms with E-state index in [1.165, 1.54) is 0 Å². The maximum absolute atomic E-state index is 10.4. The van der Waals surface area contributed by atoms with Crippen LogP contribution in [-0.2, 0) is 0 Å². The lowest BCUT2D eigenvalue weighted by molar-refractivity contribution is 0.258. The van der Waals surface area contributed by atoms with Crippen molar-refractivity contribution in [2.45, 2.75) is 13.0 Å². The zero-order valence-electron chi connectivity index (χ0n) is 6.00. The lowest BCUT2D eigenvalue weighted by Crippen LogP contribution is -2.38. The van der Waals surface area contributed by atoms with Crippen LogP contribution in [0, 0.1) is 0 Å². The summed E-state index contributed by atoms with van der Waals surface area (Å²) in [6.45, 7) is 2.40. The molecule has 0 heterocycles. The molecular formula is C5H10N2OS3. The van der Waals surface area contributed by atoms with Gasteiger partial charge >= 0.3 is 0 Å². The average molecular weight is 210 g/mol. The second-order valence-electron chi connectivity index (χ2n) is 2.04. The van der Waals surface area contributed by atoms with Crippen LogP contribution in [0.2, 0.25) is 0 Å². The first kappa shape index (κ1) is 11.1. The molecule has 0 aromatic heterocycles. The molecule has 6 heteroatoms. The van der Waals surface area contributed by atoms with Crippen LogP contribution in [0.25, 0.3) is 0 Å². The number of hydrogen-bond donors (Lipinski definition) is 4. The van der Waals surface area contributed by atoms with Crippen molar-refractivity contribution >= 4 is 47.0 Å². The molecule has 0 aromatic rings. The smallest absolute Gasteiger partial charge is 0.276 e. The van der Waals surface area contributed by atoms with Gasteiger partial charge in [0.1, 0.15) is 4.32 Å². The molecule has 1 atom stereocenters. The average Bonchev–Trinajstić information content (AvgIpc) is 1.82. The molecule has 1 amide bonds. The molecule has 0 aliphatic carbocycles. The van der Waals surface area contributed by atoms with Crippen molar-refractivity contribution in [3.63, 3.8) is 0 Å². The van der Waals surface area contributed by atoms with Crippen molar-refractivity contribution in [3.8, 4) is 0 Å². The minimum atomic E-state index is -0.343. The Morgan fingerprint density at radius 1 is 1.64 bits per heavy atom. The third-order valence-corrected chi connectivity index (χ3v) is 1.36. The second-order valence-corrected chi connectivity index (χ2v) is 3.60. The number of nitrogens with one attached hydrogen (secondary N) is 2. The summed E-state index contributed by atoms with van der Waals surface area (Å²) in [6, 6.07) is 0.00472. The Morgan fingerprint density at radius 3 is 2.55 bits per heavy atom. The van der Waals surface area contributed by atoms with Gasteiger partial charge in [0.2, 0.25) is 0 Å². The minimum Gasteiger partial charge on any atom is -0.369 e. The van der Waals surface area contributed by atoms with Gasteiger partial charge in [0.25, 0.3) is 5.24 Å². The molecular weight excluding hydrogens is 200 g/mol. The molecule has 2 N–H and O–H groups in total. The largest absolute Gasteiger partial charge is 0.369 e. The van der Waals surface area contributed by atoms with Crippen LogP contribution >= 0.6 is 37.5 Å². The molecule has 0 spiro atoms. The van der Waals surface area contributed by atoms with Crippen LogP contribution < -0.4 is 10.6 Å². The predicted molar refractivity (Wildman–Crippen MR) is 56.6 cm³/mol. The monoisotopic (exact) mass is 210 g/mol. The first-order valence-corrected chi connectivity index (χ1v) is 4.29. The van der Waals surface area contributed by atoms with E-state index in [1.807, 2.05) is 6.92 Å². The number of rotatable bonds is 3. The van der Waals surface area contributed by atoms with Gasteiger partial charge < -0.3 is 10.6 Å². The third kappa shape index (κ3) is 7.96. The molecule has 1 unspecified atom stereocenters. The fraction of sp³-hybridized carbons (Fsp3) is 0.600. The van der Waals surface area contributed by atoms with E-state index in [4.69, 9.17) is 0 Å². The Kier molecular flexibility index (Phi) is 5.71. The molecule has 0 rings (SSSR count). The first-order chi connectivity index (χ1) is 5.02. The van der Waals surface area contributed by atoms with Crippen molar-refractivity contribution in [2.24, 2.45) is 0 Å². The van der Waals surface area contributed by atoms with Crippen LogP contribution in [0.4, 0.5) is 4.79 Å². The quantitative estimate of drug-likeness (QED) is 0.412. The summed E-state index contributed by atoms with van der Waals surface area (Å²) in [5.41, 5.74) is 0. The molecule has 0 fully saturated rings. The van der Waals surface area contributed by atoms with Gasteiger partial charge in [-0.25, -0.2) is 0 Å². The first-order valence-electron chi connectivity index (χ1n) is 2.98. The van der Waals surface area contributed by atoms with E-state index in [9.17, 15) is 4.79 Å². The van der Waals surface area contributed by atoms with Crippen LogP contribution in [-0.4, -0.2) is 22.1 Å². The van der Waals surface area contributed by atoms with Crippen molar-refractivity contribution in [3.05, 3.63) is 0 Å². The van der Waals surface area contributed by atoms with Gasteiger partial charge in [0.05, 0.1) is 0 Å². The molecule has 3 nitrogen and oxygen atoms in total. The Hall–Kier alpha value is 0.0600. The standard InChI is InChI=1S/C5H10N2OS3/c1-3(7-4(8)9)2-6-5(10)11/h3H,2H2,1H3,(H2,6,10,11)(H2,7,8,9). The van der Waals surface area contributed by atoms with Gasteiger partial charge in [0, 0.05) is 12.6 Å². The van der Waals surface area contributed by atoms with Crippen molar-refractivity contribution < 1.29 is 4.79 Å².